The third-order valence-corrected chi connectivity index (χ3v) is 5.49. The van der Waals surface area contributed by atoms with Crippen LogP contribution in [0, 0.1) is 5.92 Å². The fourth-order valence-electron chi connectivity index (χ4n) is 3.27. The molecule has 2 rings (SSSR count). The van der Waals surface area contributed by atoms with Crippen molar-refractivity contribution in [2.24, 2.45) is 5.92 Å². The largest absolute Gasteiger partial charge is 0.755 e. The molecule has 2 amide bonds. The number of rotatable bonds is 6. The van der Waals surface area contributed by atoms with Crippen LogP contribution in [0.15, 0.2) is 36.3 Å². The van der Waals surface area contributed by atoms with Crippen molar-refractivity contribution in [2.75, 3.05) is 26.2 Å². The first-order valence-corrected chi connectivity index (χ1v) is 10.2. The second kappa shape index (κ2) is 10.3. The highest BCUT2D eigenvalue weighted by Crippen LogP contribution is 2.27. The highest BCUT2D eigenvalue weighted by Gasteiger charge is 2.29. The maximum absolute atomic E-state index is 12.2. The number of ether oxygens (including phenoxy) is 1. The molecule has 0 aromatic heterocycles. The van der Waals surface area contributed by atoms with Crippen LogP contribution in [0.2, 0.25) is 0 Å². The summed E-state index contributed by atoms with van der Waals surface area (Å²) in [6.45, 7) is 6.62. The number of hydrogen-bond donors (Lipinski definition) is 2. The molecule has 156 valence electrons. The summed E-state index contributed by atoms with van der Waals surface area (Å²) in [6, 6.07) is -0.250. The molecule has 0 radical (unpaired) electrons. The predicted molar refractivity (Wildman–Crippen MR) is 102 cm³/mol. The molecule has 10 heteroatoms. The van der Waals surface area contributed by atoms with Crippen LogP contribution in [-0.2, 0) is 20.8 Å². The number of morpholine rings is 1. The molecule has 2 aliphatic rings. The van der Waals surface area contributed by atoms with Crippen LogP contribution in [0.5, 0.6) is 0 Å². The molecule has 0 aliphatic carbocycles. The number of amides is 2. The van der Waals surface area contributed by atoms with Gasteiger partial charge in [-0.1, -0.05) is 18.7 Å². The Labute approximate surface area is 167 Å². The fraction of sp³-hybridized carbons (Fsp3) is 0.556. The van der Waals surface area contributed by atoms with Gasteiger partial charge in [0.25, 0.3) is 0 Å². The van der Waals surface area contributed by atoms with Gasteiger partial charge in [0, 0.05) is 37.3 Å². The number of aliphatic carboxylic acids is 1. The van der Waals surface area contributed by atoms with Gasteiger partial charge >= 0.3 is 12.0 Å². The van der Waals surface area contributed by atoms with Crippen LogP contribution in [0.3, 0.4) is 0 Å². The van der Waals surface area contributed by atoms with Gasteiger partial charge in [0.2, 0.25) is 0 Å². The minimum absolute atomic E-state index is 0.157. The maximum Gasteiger partial charge on any atom is 0.317 e. The summed E-state index contributed by atoms with van der Waals surface area (Å²) < 4.78 is 30.2. The minimum Gasteiger partial charge on any atom is -0.755 e. The summed E-state index contributed by atoms with van der Waals surface area (Å²) in [7, 11) is 0. The van der Waals surface area contributed by atoms with E-state index in [2.05, 4.69) is 11.9 Å². The molecule has 2 fully saturated rings. The minimum atomic E-state index is -2.44. The Balaban J connectivity index is 1.86. The topological polar surface area (TPSA) is 122 Å². The Morgan fingerprint density at radius 1 is 1.43 bits per heavy atom. The maximum atomic E-state index is 12.2. The van der Waals surface area contributed by atoms with E-state index in [1.807, 2.05) is 0 Å². The molecule has 0 aromatic rings. The third kappa shape index (κ3) is 5.59. The predicted octanol–water partition coefficient (Wildman–Crippen LogP) is 1.35. The number of carbonyl (C=O) groups is 2. The Morgan fingerprint density at radius 3 is 2.64 bits per heavy atom. The molecular formula is C18H26N3O6S-. The van der Waals surface area contributed by atoms with Crippen LogP contribution in [0.4, 0.5) is 4.79 Å². The second-order valence-electron chi connectivity index (χ2n) is 6.58. The van der Waals surface area contributed by atoms with E-state index in [0.29, 0.717) is 50.4 Å². The summed E-state index contributed by atoms with van der Waals surface area (Å²) in [5, 5.41) is 11.8. The molecule has 0 spiro atoms. The number of piperidine rings is 1. The lowest BCUT2D eigenvalue weighted by atomic mass is 9.97. The van der Waals surface area contributed by atoms with Gasteiger partial charge in [-0.15, -0.1) is 0 Å². The van der Waals surface area contributed by atoms with Gasteiger partial charge in [0.05, 0.1) is 18.2 Å². The van der Waals surface area contributed by atoms with Gasteiger partial charge in [0.1, 0.15) is 11.9 Å². The monoisotopic (exact) mass is 412 g/mol. The summed E-state index contributed by atoms with van der Waals surface area (Å²) in [5.41, 5.74) is 0.454. The number of carbonyl (C=O) groups excluding carboxylic acids is 1. The van der Waals surface area contributed by atoms with Crippen molar-refractivity contribution in [3.63, 3.8) is 0 Å². The van der Waals surface area contributed by atoms with E-state index in [0.717, 1.165) is 0 Å². The summed E-state index contributed by atoms with van der Waals surface area (Å²) in [4.78, 5) is 24.8. The molecule has 28 heavy (non-hydrogen) atoms. The standard InChI is InChI=1S/C18H27N3O6S/c1-3-5-16-15(4-2)21(28(25)26)12-14(27-16)6-9-19-18(24)20-10-7-13(8-11-20)17(22)23/h3-5,13-14H,1,6-12H2,2H3,(H,19,24)(H,22,23)(H,25,26)/p-1/b15-4+,16-5+. The number of nitrogens with one attached hydrogen (secondary N) is 1. The molecule has 2 aliphatic heterocycles. The number of hydrogen-bond acceptors (Lipinski definition) is 5. The molecule has 2 saturated heterocycles. The highest BCUT2D eigenvalue weighted by atomic mass is 32.2. The van der Waals surface area contributed by atoms with Crippen molar-refractivity contribution in [3.8, 4) is 0 Å². The highest BCUT2D eigenvalue weighted by molar-refractivity contribution is 7.76. The first kappa shape index (κ1) is 22.0. The first-order valence-electron chi connectivity index (χ1n) is 9.15. The van der Waals surface area contributed by atoms with E-state index in [4.69, 9.17) is 9.84 Å². The van der Waals surface area contributed by atoms with Crippen molar-refractivity contribution >= 4 is 23.3 Å². The average molecular weight is 412 g/mol. The lowest BCUT2D eigenvalue weighted by Crippen LogP contribution is -2.47. The van der Waals surface area contributed by atoms with Gasteiger partial charge in [-0.05, 0) is 25.8 Å². The van der Waals surface area contributed by atoms with Crippen molar-refractivity contribution in [1.29, 1.82) is 0 Å². The number of likely N-dealkylation sites (tertiary alicyclic amines) is 1. The first-order chi connectivity index (χ1) is 13.4. The number of urea groups is 1. The van der Waals surface area contributed by atoms with Gasteiger partial charge in [0.15, 0.2) is 0 Å². The zero-order chi connectivity index (χ0) is 20.7. The number of allylic oxidation sites excluding steroid dienone is 3. The molecule has 2 unspecified atom stereocenters. The van der Waals surface area contributed by atoms with E-state index >= 15 is 0 Å². The summed E-state index contributed by atoms with van der Waals surface area (Å²) in [6.07, 6.45) is 5.69. The van der Waals surface area contributed by atoms with Gasteiger partial charge < -0.3 is 24.6 Å². The van der Waals surface area contributed by atoms with Gasteiger partial charge in [-0.3, -0.25) is 13.3 Å². The zero-order valence-electron chi connectivity index (χ0n) is 15.8. The second-order valence-corrected chi connectivity index (χ2v) is 7.45. The number of nitrogens with zero attached hydrogens (tertiary/aromatic N) is 2. The molecule has 9 nitrogen and oxygen atoms in total. The molecule has 0 bridgehead atoms. The van der Waals surface area contributed by atoms with E-state index in [9.17, 15) is 18.4 Å². The molecule has 2 atom stereocenters. The Hall–Kier alpha value is -2.33. The average Bonchev–Trinajstić information content (AvgIpc) is 2.67. The van der Waals surface area contributed by atoms with Crippen molar-refractivity contribution < 1.29 is 28.2 Å². The van der Waals surface area contributed by atoms with Crippen molar-refractivity contribution in [2.45, 2.75) is 32.3 Å². The van der Waals surface area contributed by atoms with Crippen LogP contribution in [0.25, 0.3) is 0 Å². The van der Waals surface area contributed by atoms with Crippen LogP contribution in [0.1, 0.15) is 26.2 Å². The molecule has 2 heterocycles. The molecule has 0 aromatic carbocycles. The lowest BCUT2D eigenvalue weighted by Gasteiger charge is -2.39. The molecule has 0 saturated carbocycles. The summed E-state index contributed by atoms with van der Waals surface area (Å²) in [5.74, 6) is -0.798. The van der Waals surface area contributed by atoms with Crippen LogP contribution in [-0.4, -0.2) is 67.4 Å². The molecule has 2 N–H and O–H groups in total. The smallest absolute Gasteiger partial charge is 0.317 e. The quantitative estimate of drug-likeness (QED) is 0.635. The van der Waals surface area contributed by atoms with Crippen LogP contribution < -0.4 is 5.32 Å². The van der Waals surface area contributed by atoms with E-state index in [-0.39, 0.29) is 12.6 Å². The fourth-order valence-corrected chi connectivity index (χ4v) is 3.92. The van der Waals surface area contributed by atoms with Gasteiger partial charge in [-0.25, -0.2) is 4.79 Å². The zero-order valence-corrected chi connectivity index (χ0v) is 16.7. The van der Waals surface area contributed by atoms with Crippen molar-refractivity contribution in [3.05, 3.63) is 36.3 Å². The Kier molecular flexibility index (Phi) is 8.06. The van der Waals surface area contributed by atoms with Gasteiger partial charge in [-0.2, -0.15) is 0 Å². The molecular weight excluding hydrogens is 386 g/mol. The lowest BCUT2D eigenvalue weighted by molar-refractivity contribution is -0.143. The van der Waals surface area contributed by atoms with E-state index in [1.165, 1.54) is 10.4 Å². The normalized spacial score (nSPS) is 24.7. The Bertz CT molecular complexity index is 685. The van der Waals surface area contributed by atoms with Crippen LogP contribution >= 0.6 is 0 Å². The van der Waals surface area contributed by atoms with Crippen molar-refractivity contribution in [1.82, 2.24) is 14.5 Å². The number of carboxylic acid groups (broad SMARTS) is 1. The van der Waals surface area contributed by atoms with E-state index < -0.39 is 29.3 Å². The SMILES string of the molecule is C=C/C=C1/OC(CCNC(=O)N2CCC(C(=O)O)CC2)CN(S(=O)[O-])/C1=C/C. The third-order valence-electron chi connectivity index (χ3n) is 4.78. The summed E-state index contributed by atoms with van der Waals surface area (Å²) >= 11 is -2.44. The van der Waals surface area contributed by atoms with E-state index in [1.54, 1.807) is 24.0 Å². The number of carboxylic acids is 1. The Morgan fingerprint density at radius 2 is 2.11 bits per heavy atom.